The highest BCUT2D eigenvalue weighted by Crippen LogP contribution is 2.54. The molecule has 2 bridgehead atoms. The van der Waals surface area contributed by atoms with Crippen molar-refractivity contribution in [2.75, 3.05) is 19.8 Å². The summed E-state index contributed by atoms with van der Waals surface area (Å²) in [6.07, 6.45) is -6.65. The second kappa shape index (κ2) is 8.35. The molecule has 4 aliphatic heterocycles. The molecule has 0 aromatic carbocycles. The lowest BCUT2D eigenvalue weighted by Gasteiger charge is -2.61. The third kappa shape index (κ3) is 4.01. The molecule has 6 N–H and O–H groups in total. The van der Waals surface area contributed by atoms with Gasteiger partial charge in [0.25, 0.3) is 0 Å². The minimum Gasteiger partial charge on any atom is -0.393 e. The fourth-order valence-electron chi connectivity index (χ4n) is 5.35. The van der Waals surface area contributed by atoms with Crippen LogP contribution in [0.25, 0.3) is 0 Å². The van der Waals surface area contributed by atoms with Crippen molar-refractivity contribution in [3.8, 4) is 0 Å². The molecule has 11 nitrogen and oxygen atoms in total. The van der Waals surface area contributed by atoms with E-state index in [2.05, 4.69) is 6.92 Å². The molecule has 5 aliphatic rings. The van der Waals surface area contributed by atoms with Crippen LogP contribution in [-0.2, 0) is 23.7 Å². The topological polar surface area (TPSA) is 168 Å². The molecule has 32 heavy (non-hydrogen) atoms. The van der Waals surface area contributed by atoms with Gasteiger partial charge in [-0.2, -0.15) is 0 Å². The number of hydrogen-bond acceptors (Lipinski definition) is 11. The van der Waals surface area contributed by atoms with Crippen molar-refractivity contribution < 1.29 is 54.3 Å². The minimum atomic E-state index is -1.85. The van der Waals surface area contributed by atoms with Gasteiger partial charge in [-0.15, -0.1) is 0 Å². The van der Waals surface area contributed by atoms with Crippen LogP contribution in [0.5, 0.6) is 0 Å². The van der Waals surface area contributed by atoms with E-state index in [0.29, 0.717) is 12.8 Å². The van der Waals surface area contributed by atoms with Gasteiger partial charge in [0.15, 0.2) is 12.6 Å². The van der Waals surface area contributed by atoms with Gasteiger partial charge in [-0.1, -0.05) is 0 Å². The summed E-state index contributed by atoms with van der Waals surface area (Å²) in [5.74, 6) is 0. The van der Waals surface area contributed by atoms with Crippen molar-refractivity contribution in [1.82, 2.24) is 0 Å². The number of aliphatic hydroxyl groups excluding tert-OH is 5. The molecular formula is C21H36O11. The van der Waals surface area contributed by atoms with Gasteiger partial charge < -0.3 is 54.3 Å². The Morgan fingerprint density at radius 2 is 1.56 bits per heavy atom. The average Bonchev–Trinajstić information content (AvgIpc) is 3.03. The largest absolute Gasteiger partial charge is 0.393 e. The standard InChI is InChI=1S/C21H36O11/c1-18(2)21(6-4-19(3,32-18)5-7-21)31-16-14(25)13(24)12(23)11(30-16)8-28-17-15(26)20(27,9-22)10-29-17/h11-17,22-27H,4-10H2,1-3H3. The van der Waals surface area contributed by atoms with E-state index >= 15 is 0 Å². The quantitative estimate of drug-likeness (QED) is 0.261. The normalized spacial score (nSPS) is 53.0. The first-order valence-electron chi connectivity index (χ1n) is 11.2. The lowest BCUT2D eigenvalue weighted by Crippen LogP contribution is -2.69. The van der Waals surface area contributed by atoms with Crippen molar-refractivity contribution in [2.45, 2.75) is 112 Å². The Morgan fingerprint density at radius 3 is 2.12 bits per heavy atom. The van der Waals surface area contributed by atoms with E-state index in [1.54, 1.807) is 0 Å². The summed E-state index contributed by atoms with van der Waals surface area (Å²) in [5.41, 5.74) is -3.44. The third-order valence-corrected chi connectivity index (χ3v) is 7.73. The van der Waals surface area contributed by atoms with E-state index in [9.17, 15) is 30.6 Å². The van der Waals surface area contributed by atoms with Gasteiger partial charge in [-0.25, -0.2) is 0 Å². The number of hydrogen-bond donors (Lipinski definition) is 6. The van der Waals surface area contributed by atoms with Gasteiger partial charge >= 0.3 is 0 Å². The van der Waals surface area contributed by atoms with Crippen LogP contribution in [0.1, 0.15) is 46.5 Å². The predicted molar refractivity (Wildman–Crippen MR) is 106 cm³/mol. The highest BCUT2D eigenvalue weighted by atomic mass is 16.7. The summed E-state index contributed by atoms with van der Waals surface area (Å²) in [4.78, 5) is 0. The molecule has 0 aromatic rings. The molecule has 5 fully saturated rings. The van der Waals surface area contributed by atoms with Crippen molar-refractivity contribution in [3.63, 3.8) is 0 Å². The van der Waals surface area contributed by atoms with E-state index in [0.717, 1.165) is 12.8 Å². The van der Waals surface area contributed by atoms with Crippen LogP contribution in [0, 0.1) is 0 Å². The lowest BCUT2D eigenvalue weighted by atomic mass is 9.65. The van der Waals surface area contributed by atoms with Crippen molar-refractivity contribution >= 4 is 0 Å². The van der Waals surface area contributed by atoms with Crippen molar-refractivity contribution in [1.29, 1.82) is 0 Å². The van der Waals surface area contributed by atoms with Crippen LogP contribution in [0.3, 0.4) is 0 Å². The Morgan fingerprint density at radius 1 is 0.906 bits per heavy atom. The maximum atomic E-state index is 10.6. The first-order valence-corrected chi connectivity index (χ1v) is 11.2. The first-order chi connectivity index (χ1) is 14.9. The molecule has 11 heteroatoms. The molecule has 8 unspecified atom stereocenters. The maximum absolute atomic E-state index is 10.6. The van der Waals surface area contributed by atoms with Crippen LogP contribution in [0.2, 0.25) is 0 Å². The van der Waals surface area contributed by atoms with E-state index < -0.39 is 66.5 Å². The Kier molecular flexibility index (Phi) is 6.44. The highest BCUT2D eigenvalue weighted by Gasteiger charge is 2.61. The van der Waals surface area contributed by atoms with Crippen LogP contribution in [0.15, 0.2) is 0 Å². The van der Waals surface area contributed by atoms with Crippen molar-refractivity contribution in [2.24, 2.45) is 0 Å². The summed E-state index contributed by atoms with van der Waals surface area (Å²) in [6.45, 7) is 4.59. The second-order valence-corrected chi connectivity index (χ2v) is 10.4. The summed E-state index contributed by atoms with van der Waals surface area (Å²) in [6, 6.07) is 0. The molecule has 0 spiro atoms. The van der Waals surface area contributed by atoms with E-state index in [1.807, 2.05) is 13.8 Å². The number of aliphatic hydroxyl groups is 6. The van der Waals surface area contributed by atoms with Gasteiger partial charge in [-0.3, -0.25) is 0 Å². The Hall–Kier alpha value is -0.440. The minimum absolute atomic E-state index is 0.217. The average molecular weight is 465 g/mol. The summed E-state index contributed by atoms with van der Waals surface area (Å²) in [7, 11) is 0. The molecule has 4 saturated heterocycles. The second-order valence-electron chi connectivity index (χ2n) is 10.4. The molecule has 0 amide bonds. The van der Waals surface area contributed by atoms with Gasteiger partial charge in [-0.05, 0) is 46.5 Å². The van der Waals surface area contributed by atoms with Crippen molar-refractivity contribution in [3.05, 3.63) is 0 Å². The fraction of sp³-hybridized carbons (Fsp3) is 1.00. The zero-order valence-electron chi connectivity index (χ0n) is 18.7. The molecule has 0 radical (unpaired) electrons. The first kappa shape index (κ1) is 24.7. The number of ether oxygens (including phenoxy) is 5. The third-order valence-electron chi connectivity index (χ3n) is 7.73. The molecule has 0 aromatic heterocycles. The number of fused-ring (bicyclic) bond motifs is 3. The zero-order valence-corrected chi connectivity index (χ0v) is 18.7. The predicted octanol–water partition coefficient (Wildman–Crippen LogP) is -1.85. The number of rotatable bonds is 6. The molecule has 5 rings (SSSR count). The van der Waals surface area contributed by atoms with E-state index in [4.69, 9.17) is 23.7 Å². The summed E-state index contributed by atoms with van der Waals surface area (Å²) < 4.78 is 29.0. The smallest absolute Gasteiger partial charge is 0.187 e. The van der Waals surface area contributed by atoms with Gasteiger partial charge in [0, 0.05) is 0 Å². The Bertz CT molecular complexity index is 679. The molecule has 8 atom stereocenters. The Labute approximate surface area is 186 Å². The van der Waals surface area contributed by atoms with Gasteiger partial charge in [0.2, 0.25) is 0 Å². The zero-order chi connectivity index (χ0) is 23.5. The Balaban J connectivity index is 1.43. The highest BCUT2D eigenvalue weighted by molar-refractivity contribution is 5.10. The molecule has 1 saturated carbocycles. The molecule has 4 heterocycles. The van der Waals surface area contributed by atoms with E-state index in [1.165, 1.54) is 0 Å². The molecule has 1 aliphatic carbocycles. The van der Waals surface area contributed by atoms with Gasteiger partial charge in [0.05, 0.1) is 31.0 Å². The molecular weight excluding hydrogens is 428 g/mol. The lowest BCUT2D eigenvalue weighted by molar-refractivity contribution is -0.385. The van der Waals surface area contributed by atoms with Crippen LogP contribution in [-0.4, -0.2) is 116 Å². The van der Waals surface area contributed by atoms with Crippen LogP contribution < -0.4 is 0 Å². The van der Waals surface area contributed by atoms with Crippen LogP contribution >= 0.6 is 0 Å². The maximum Gasteiger partial charge on any atom is 0.187 e. The van der Waals surface area contributed by atoms with Gasteiger partial charge in [0.1, 0.15) is 41.7 Å². The molecule has 186 valence electrons. The van der Waals surface area contributed by atoms with E-state index in [-0.39, 0.29) is 18.8 Å². The fourth-order valence-corrected chi connectivity index (χ4v) is 5.35. The SMILES string of the molecule is CC12CCC(OC3OC(COC4OCC(O)(CO)C4O)C(O)C(O)C3O)(CC1)C(C)(C)O2. The summed E-state index contributed by atoms with van der Waals surface area (Å²) in [5, 5.41) is 60.8. The summed E-state index contributed by atoms with van der Waals surface area (Å²) >= 11 is 0. The monoisotopic (exact) mass is 464 g/mol. The van der Waals surface area contributed by atoms with Crippen LogP contribution in [0.4, 0.5) is 0 Å².